The van der Waals surface area contributed by atoms with E-state index < -0.39 is 0 Å². The Morgan fingerprint density at radius 3 is 2.37 bits per heavy atom. The fraction of sp³-hybridized carbons (Fsp3) is 0.320. The molecule has 0 radical (unpaired) electrons. The standard InChI is InChI=1S/C25H25N3O2/c1-17-7-5-6-10-23(17)28-14-12-22-20(25(28)30)15-19-21(26-22)11-13-27(24(19)29)16-18-8-3-2-4-9-18/h2-4,8-9,11-15,17,23H,5-7,10,16H2,1H3. The number of hydrogen-bond acceptors (Lipinski definition) is 3. The van der Waals surface area contributed by atoms with E-state index >= 15 is 0 Å². The van der Waals surface area contributed by atoms with Crippen molar-refractivity contribution in [3.8, 4) is 0 Å². The zero-order chi connectivity index (χ0) is 20.7. The van der Waals surface area contributed by atoms with E-state index in [1.807, 2.05) is 53.2 Å². The van der Waals surface area contributed by atoms with Crippen LogP contribution >= 0.6 is 0 Å². The van der Waals surface area contributed by atoms with Crippen LogP contribution < -0.4 is 11.1 Å². The summed E-state index contributed by atoms with van der Waals surface area (Å²) >= 11 is 0. The second-order valence-electron chi connectivity index (χ2n) is 8.45. The van der Waals surface area contributed by atoms with Gasteiger partial charge in [0.15, 0.2) is 0 Å². The molecular formula is C25H25N3O2. The average Bonchev–Trinajstić information content (AvgIpc) is 2.77. The van der Waals surface area contributed by atoms with Gasteiger partial charge in [0, 0.05) is 18.4 Å². The minimum Gasteiger partial charge on any atom is -0.312 e. The lowest BCUT2D eigenvalue weighted by molar-refractivity contribution is 0.253. The average molecular weight is 399 g/mol. The lowest BCUT2D eigenvalue weighted by Gasteiger charge is -2.30. The van der Waals surface area contributed by atoms with Crippen LogP contribution in [0.5, 0.6) is 0 Å². The van der Waals surface area contributed by atoms with E-state index in [0.717, 1.165) is 24.8 Å². The third-order valence-electron chi connectivity index (χ3n) is 6.46. The number of rotatable bonds is 3. The minimum atomic E-state index is -0.119. The highest BCUT2D eigenvalue weighted by Crippen LogP contribution is 2.32. The number of nitrogens with zero attached hydrogens (tertiary/aromatic N) is 3. The molecule has 0 N–H and O–H groups in total. The molecule has 0 aliphatic heterocycles. The summed E-state index contributed by atoms with van der Waals surface area (Å²) in [4.78, 5) is 31.1. The highest BCUT2D eigenvalue weighted by Gasteiger charge is 2.24. The maximum absolute atomic E-state index is 13.3. The van der Waals surface area contributed by atoms with Gasteiger partial charge in [-0.1, -0.05) is 50.1 Å². The van der Waals surface area contributed by atoms with Gasteiger partial charge in [-0.25, -0.2) is 4.98 Å². The van der Waals surface area contributed by atoms with Crippen LogP contribution in [0.2, 0.25) is 0 Å². The molecule has 1 aliphatic rings. The summed E-state index contributed by atoms with van der Waals surface area (Å²) in [5.41, 5.74) is 2.17. The van der Waals surface area contributed by atoms with E-state index in [4.69, 9.17) is 0 Å². The van der Waals surface area contributed by atoms with Gasteiger partial charge in [-0.3, -0.25) is 9.59 Å². The molecule has 3 heterocycles. The van der Waals surface area contributed by atoms with Crippen LogP contribution in [0.15, 0.2) is 70.5 Å². The third-order valence-corrected chi connectivity index (χ3v) is 6.46. The number of benzene rings is 1. The Labute approximate surface area is 174 Å². The van der Waals surface area contributed by atoms with Gasteiger partial charge in [0.25, 0.3) is 11.1 Å². The summed E-state index contributed by atoms with van der Waals surface area (Å²) in [7, 11) is 0. The van der Waals surface area contributed by atoms with Crippen molar-refractivity contribution in [3.63, 3.8) is 0 Å². The van der Waals surface area contributed by atoms with Gasteiger partial charge >= 0.3 is 0 Å². The molecule has 5 rings (SSSR count). The summed E-state index contributed by atoms with van der Waals surface area (Å²) in [5, 5.41) is 1.02. The highest BCUT2D eigenvalue weighted by atomic mass is 16.1. The predicted octanol–water partition coefficient (Wildman–Crippen LogP) is 4.51. The molecule has 0 bridgehead atoms. The van der Waals surface area contributed by atoms with E-state index in [9.17, 15) is 9.59 Å². The van der Waals surface area contributed by atoms with Crippen molar-refractivity contribution in [2.45, 2.75) is 45.2 Å². The lowest BCUT2D eigenvalue weighted by Crippen LogP contribution is -2.30. The van der Waals surface area contributed by atoms with Crippen molar-refractivity contribution in [1.29, 1.82) is 0 Å². The molecular weight excluding hydrogens is 374 g/mol. The molecule has 30 heavy (non-hydrogen) atoms. The Hall–Kier alpha value is -3.21. The summed E-state index contributed by atoms with van der Waals surface area (Å²) in [6, 6.07) is 15.6. The Bertz CT molecular complexity index is 1340. The first-order valence-electron chi connectivity index (χ1n) is 10.7. The van der Waals surface area contributed by atoms with E-state index in [1.54, 1.807) is 16.8 Å². The number of aromatic nitrogens is 3. The van der Waals surface area contributed by atoms with Crippen LogP contribution in [0.3, 0.4) is 0 Å². The Kier molecular flexibility index (Phi) is 4.74. The number of pyridine rings is 3. The van der Waals surface area contributed by atoms with Gasteiger partial charge in [-0.2, -0.15) is 0 Å². The van der Waals surface area contributed by atoms with Gasteiger partial charge in [-0.05, 0) is 42.5 Å². The molecule has 5 heteroatoms. The quantitative estimate of drug-likeness (QED) is 0.476. The second-order valence-corrected chi connectivity index (χ2v) is 8.45. The van der Waals surface area contributed by atoms with E-state index in [0.29, 0.717) is 34.3 Å². The normalized spacial score (nSPS) is 19.4. The summed E-state index contributed by atoms with van der Waals surface area (Å²) in [6.07, 6.45) is 8.22. The largest absolute Gasteiger partial charge is 0.312 e. The molecule has 1 aliphatic carbocycles. The fourth-order valence-corrected chi connectivity index (χ4v) is 4.76. The van der Waals surface area contributed by atoms with Crippen molar-refractivity contribution in [2.24, 2.45) is 5.92 Å². The topological polar surface area (TPSA) is 56.9 Å². The molecule has 2 atom stereocenters. The van der Waals surface area contributed by atoms with Crippen LogP contribution in [0.4, 0.5) is 0 Å². The minimum absolute atomic E-state index is 0.0430. The van der Waals surface area contributed by atoms with E-state index in [-0.39, 0.29) is 17.2 Å². The van der Waals surface area contributed by atoms with Gasteiger partial charge in [0.2, 0.25) is 0 Å². The van der Waals surface area contributed by atoms with Crippen LogP contribution in [0, 0.1) is 5.92 Å². The molecule has 2 unspecified atom stereocenters. The van der Waals surface area contributed by atoms with E-state index in [1.165, 1.54) is 6.42 Å². The molecule has 0 amide bonds. The SMILES string of the molecule is CC1CCCCC1n1ccc2nc3ccn(Cc4ccccc4)c(=O)c3cc2c1=O. The molecule has 152 valence electrons. The molecule has 0 saturated heterocycles. The van der Waals surface area contributed by atoms with Crippen LogP contribution in [0.25, 0.3) is 21.8 Å². The Morgan fingerprint density at radius 1 is 0.900 bits per heavy atom. The van der Waals surface area contributed by atoms with Gasteiger partial charge in [-0.15, -0.1) is 0 Å². The molecule has 1 aromatic carbocycles. The smallest absolute Gasteiger partial charge is 0.260 e. The third kappa shape index (κ3) is 3.24. The van der Waals surface area contributed by atoms with Crippen molar-refractivity contribution in [1.82, 2.24) is 14.1 Å². The zero-order valence-electron chi connectivity index (χ0n) is 17.1. The fourth-order valence-electron chi connectivity index (χ4n) is 4.76. The van der Waals surface area contributed by atoms with Crippen molar-refractivity contribution in [2.75, 3.05) is 0 Å². The first kappa shape index (κ1) is 18.8. The highest BCUT2D eigenvalue weighted by molar-refractivity contribution is 5.91. The summed E-state index contributed by atoms with van der Waals surface area (Å²) < 4.78 is 3.54. The molecule has 1 fully saturated rings. The maximum Gasteiger partial charge on any atom is 0.260 e. The number of hydrogen-bond donors (Lipinski definition) is 0. The van der Waals surface area contributed by atoms with Gasteiger partial charge in [0.05, 0.1) is 28.4 Å². The predicted molar refractivity (Wildman–Crippen MR) is 120 cm³/mol. The zero-order valence-corrected chi connectivity index (χ0v) is 17.1. The Morgan fingerprint density at radius 2 is 1.60 bits per heavy atom. The van der Waals surface area contributed by atoms with Crippen molar-refractivity contribution in [3.05, 3.63) is 87.2 Å². The molecule has 0 spiro atoms. The molecule has 4 aromatic rings. The van der Waals surface area contributed by atoms with Gasteiger partial charge in [0.1, 0.15) is 0 Å². The molecule has 3 aromatic heterocycles. The van der Waals surface area contributed by atoms with Crippen LogP contribution in [-0.4, -0.2) is 14.1 Å². The maximum atomic E-state index is 13.3. The second kappa shape index (κ2) is 7.56. The van der Waals surface area contributed by atoms with Crippen molar-refractivity contribution < 1.29 is 0 Å². The first-order chi connectivity index (χ1) is 14.6. The Balaban J connectivity index is 1.64. The molecule has 5 nitrogen and oxygen atoms in total. The molecule has 1 saturated carbocycles. The lowest BCUT2D eigenvalue weighted by atomic mass is 9.85. The monoisotopic (exact) mass is 399 g/mol. The number of fused-ring (bicyclic) bond motifs is 2. The summed E-state index contributed by atoms with van der Waals surface area (Å²) in [5.74, 6) is 0.477. The van der Waals surface area contributed by atoms with Crippen LogP contribution in [-0.2, 0) is 6.54 Å². The van der Waals surface area contributed by atoms with Crippen molar-refractivity contribution >= 4 is 21.8 Å². The van der Waals surface area contributed by atoms with E-state index in [2.05, 4.69) is 11.9 Å². The summed E-state index contributed by atoms with van der Waals surface area (Å²) in [6.45, 7) is 2.72. The van der Waals surface area contributed by atoms with Crippen LogP contribution in [0.1, 0.15) is 44.2 Å². The van der Waals surface area contributed by atoms with Gasteiger partial charge < -0.3 is 9.13 Å². The first-order valence-corrected chi connectivity index (χ1v) is 10.7.